The van der Waals surface area contributed by atoms with E-state index in [4.69, 9.17) is 4.74 Å². The maximum atomic E-state index is 12.2. The zero-order valence-electron chi connectivity index (χ0n) is 12.6. The van der Waals surface area contributed by atoms with Gasteiger partial charge in [-0.05, 0) is 31.0 Å². The van der Waals surface area contributed by atoms with Gasteiger partial charge < -0.3 is 10.1 Å². The lowest BCUT2D eigenvalue weighted by atomic mass is 10.1. The Balaban J connectivity index is 1.99. The molecule has 5 heteroatoms. The van der Waals surface area contributed by atoms with Crippen LogP contribution in [0.25, 0.3) is 0 Å². The molecule has 0 aliphatic carbocycles. The van der Waals surface area contributed by atoms with Crippen molar-refractivity contribution in [3.8, 4) is 5.75 Å². The molecule has 1 amide bonds. The van der Waals surface area contributed by atoms with Crippen molar-refractivity contribution >= 4 is 17.2 Å². The summed E-state index contributed by atoms with van der Waals surface area (Å²) in [5.74, 6) is 0.769. The van der Waals surface area contributed by atoms with Crippen molar-refractivity contribution < 1.29 is 9.53 Å². The number of nitrogens with zero attached hydrogens (tertiary/aromatic N) is 1. The Labute approximate surface area is 129 Å². The van der Waals surface area contributed by atoms with E-state index in [-0.39, 0.29) is 11.9 Å². The van der Waals surface area contributed by atoms with Crippen LogP contribution in [0.3, 0.4) is 0 Å². The molecule has 2 rings (SSSR count). The van der Waals surface area contributed by atoms with Crippen LogP contribution in [-0.4, -0.2) is 18.0 Å². The van der Waals surface area contributed by atoms with Crippen LogP contribution in [0.2, 0.25) is 0 Å². The topological polar surface area (TPSA) is 51.2 Å². The minimum atomic E-state index is -0.0122. The highest BCUT2D eigenvalue weighted by Gasteiger charge is 2.16. The predicted octanol–water partition coefficient (Wildman–Crippen LogP) is 3.27. The van der Waals surface area contributed by atoms with Gasteiger partial charge in [-0.1, -0.05) is 19.1 Å². The first kappa shape index (κ1) is 15.5. The van der Waals surface area contributed by atoms with Gasteiger partial charge in [0.05, 0.1) is 19.6 Å². The van der Waals surface area contributed by atoms with Crippen LogP contribution >= 0.6 is 11.3 Å². The number of benzene rings is 1. The lowest BCUT2D eigenvalue weighted by Gasteiger charge is -2.14. The number of carbonyl (C=O) groups is 1. The molecule has 0 aliphatic rings. The van der Waals surface area contributed by atoms with Crippen LogP contribution in [0, 0.1) is 6.92 Å². The Morgan fingerprint density at radius 3 is 2.90 bits per heavy atom. The van der Waals surface area contributed by atoms with Crippen molar-refractivity contribution in [2.75, 3.05) is 7.11 Å². The molecular formula is C16H20N2O2S. The normalized spacial score (nSPS) is 12.0. The first-order valence-electron chi connectivity index (χ1n) is 6.96. The molecule has 2 aromatic rings. The zero-order valence-corrected chi connectivity index (χ0v) is 13.4. The van der Waals surface area contributed by atoms with Crippen LogP contribution in [-0.2, 0) is 11.2 Å². The van der Waals surface area contributed by atoms with Gasteiger partial charge in [-0.3, -0.25) is 4.79 Å². The molecular weight excluding hydrogens is 284 g/mol. The van der Waals surface area contributed by atoms with E-state index < -0.39 is 0 Å². The van der Waals surface area contributed by atoms with Crippen LogP contribution in [0.4, 0.5) is 0 Å². The van der Waals surface area contributed by atoms with Gasteiger partial charge in [0, 0.05) is 11.1 Å². The Morgan fingerprint density at radius 2 is 2.29 bits per heavy atom. The second-order valence-electron chi connectivity index (χ2n) is 4.88. The van der Waals surface area contributed by atoms with E-state index in [1.807, 2.05) is 43.5 Å². The Bertz CT molecular complexity index is 610. The number of carbonyl (C=O) groups excluding carboxylic acids is 1. The van der Waals surface area contributed by atoms with Gasteiger partial charge in [0.15, 0.2) is 0 Å². The standard InChI is InChI=1S/C16H20N2O2S/c1-4-14(16-17-11(2)10-21-16)18-15(19)9-12-6-5-7-13(8-12)20-3/h5-8,10,14H,4,9H2,1-3H3,(H,18,19)/t14-/m1/s1. The number of methoxy groups -OCH3 is 1. The molecule has 1 N–H and O–H groups in total. The van der Waals surface area contributed by atoms with E-state index in [1.54, 1.807) is 18.4 Å². The first-order chi connectivity index (χ1) is 10.1. The summed E-state index contributed by atoms with van der Waals surface area (Å²) < 4.78 is 5.17. The zero-order chi connectivity index (χ0) is 15.2. The molecule has 0 saturated carbocycles. The summed E-state index contributed by atoms with van der Waals surface area (Å²) in [5.41, 5.74) is 1.94. The number of hydrogen-bond donors (Lipinski definition) is 1. The average Bonchev–Trinajstić information content (AvgIpc) is 2.91. The van der Waals surface area contributed by atoms with Crippen molar-refractivity contribution in [3.63, 3.8) is 0 Å². The number of thiazole rings is 1. The van der Waals surface area contributed by atoms with Crippen LogP contribution < -0.4 is 10.1 Å². The fourth-order valence-electron chi connectivity index (χ4n) is 2.08. The number of amides is 1. The third-order valence-electron chi connectivity index (χ3n) is 3.18. The Morgan fingerprint density at radius 1 is 1.48 bits per heavy atom. The monoisotopic (exact) mass is 304 g/mol. The van der Waals surface area contributed by atoms with Crippen LogP contribution in [0.1, 0.15) is 35.7 Å². The highest BCUT2D eigenvalue weighted by molar-refractivity contribution is 7.09. The van der Waals surface area contributed by atoms with E-state index in [2.05, 4.69) is 10.3 Å². The molecule has 21 heavy (non-hydrogen) atoms. The molecule has 0 radical (unpaired) electrons. The number of hydrogen-bond acceptors (Lipinski definition) is 4. The van der Waals surface area contributed by atoms with Crippen molar-refractivity contribution in [1.29, 1.82) is 0 Å². The second-order valence-corrected chi connectivity index (χ2v) is 5.77. The second kappa shape index (κ2) is 7.22. The number of aromatic nitrogens is 1. The SMILES string of the molecule is CC[C@@H](NC(=O)Cc1cccc(OC)c1)c1nc(C)cs1. The highest BCUT2D eigenvalue weighted by Crippen LogP contribution is 2.21. The van der Waals surface area contributed by atoms with Gasteiger partial charge in [-0.25, -0.2) is 4.98 Å². The van der Waals surface area contributed by atoms with Crippen LogP contribution in [0.15, 0.2) is 29.6 Å². The summed E-state index contributed by atoms with van der Waals surface area (Å²) in [6.07, 6.45) is 1.18. The Kier molecular flexibility index (Phi) is 5.33. The minimum Gasteiger partial charge on any atom is -0.497 e. The molecule has 1 atom stereocenters. The van der Waals surface area contributed by atoms with E-state index in [9.17, 15) is 4.79 Å². The predicted molar refractivity (Wildman–Crippen MR) is 84.7 cm³/mol. The molecule has 0 saturated heterocycles. The summed E-state index contributed by atoms with van der Waals surface area (Å²) in [6.45, 7) is 4.01. The maximum Gasteiger partial charge on any atom is 0.224 e. The molecule has 0 spiro atoms. The van der Waals surface area contributed by atoms with E-state index in [0.717, 1.165) is 28.4 Å². The average molecular weight is 304 g/mol. The molecule has 1 aromatic carbocycles. The number of ether oxygens (including phenoxy) is 1. The smallest absolute Gasteiger partial charge is 0.224 e. The van der Waals surface area contributed by atoms with Crippen molar-refractivity contribution in [2.45, 2.75) is 32.7 Å². The summed E-state index contributed by atoms with van der Waals surface area (Å²) in [7, 11) is 1.62. The third kappa shape index (κ3) is 4.29. The molecule has 4 nitrogen and oxygen atoms in total. The number of nitrogens with one attached hydrogen (secondary N) is 1. The van der Waals surface area contributed by atoms with Crippen molar-refractivity contribution in [1.82, 2.24) is 10.3 Å². The number of rotatable bonds is 6. The fourth-order valence-corrected chi connectivity index (χ4v) is 3.01. The summed E-state index contributed by atoms with van der Waals surface area (Å²) in [6, 6.07) is 7.56. The summed E-state index contributed by atoms with van der Waals surface area (Å²) in [5, 5.41) is 6.02. The lowest BCUT2D eigenvalue weighted by molar-refractivity contribution is -0.121. The maximum absolute atomic E-state index is 12.2. The van der Waals surface area contributed by atoms with Gasteiger partial charge in [0.2, 0.25) is 5.91 Å². The molecule has 1 heterocycles. The van der Waals surface area contributed by atoms with Crippen LogP contribution in [0.5, 0.6) is 5.75 Å². The van der Waals surface area contributed by atoms with Gasteiger partial charge in [-0.15, -0.1) is 11.3 Å². The van der Waals surface area contributed by atoms with Gasteiger partial charge >= 0.3 is 0 Å². The van der Waals surface area contributed by atoms with Crippen molar-refractivity contribution in [3.05, 3.63) is 45.9 Å². The highest BCUT2D eigenvalue weighted by atomic mass is 32.1. The molecule has 0 unspecified atom stereocenters. The van der Waals surface area contributed by atoms with E-state index in [1.165, 1.54) is 0 Å². The van der Waals surface area contributed by atoms with Gasteiger partial charge in [0.1, 0.15) is 10.8 Å². The molecule has 0 aliphatic heterocycles. The third-order valence-corrected chi connectivity index (χ3v) is 4.25. The first-order valence-corrected chi connectivity index (χ1v) is 7.84. The van der Waals surface area contributed by atoms with Gasteiger partial charge in [-0.2, -0.15) is 0 Å². The van der Waals surface area contributed by atoms with E-state index >= 15 is 0 Å². The van der Waals surface area contributed by atoms with E-state index in [0.29, 0.717) is 6.42 Å². The Hall–Kier alpha value is -1.88. The number of aryl methyl sites for hydroxylation is 1. The molecule has 1 aromatic heterocycles. The molecule has 0 fully saturated rings. The quantitative estimate of drug-likeness (QED) is 0.891. The molecule has 0 bridgehead atoms. The largest absolute Gasteiger partial charge is 0.497 e. The molecule has 112 valence electrons. The fraction of sp³-hybridized carbons (Fsp3) is 0.375. The summed E-state index contributed by atoms with van der Waals surface area (Å²) in [4.78, 5) is 16.6. The lowest BCUT2D eigenvalue weighted by Crippen LogP contribution is -2.29. The summed E-state index contributed by atoms with van der Waals surface area (Å²) >= 11 is 1.59. The minimum absolute atomic E-state index is 0.00274. The van der Waals surface area contributed by atoms with Crippen molar-refractivity contribution in [2.24, 2.45) is 0 Å². The van der Waals surface area contributed by atoms with Gasteiger partial charge in [0.25, 0.3) is 0 Å².